The number of hydrogen-bond donors (Lipinski definition) is 0. The van der Waals surface area contributed by atoms with Gasteiger partial charge in [0.05, 0.1) is 7.11 Å². The lowest BCUT2D eigenvalue weighted by Gasteiger charge is -2.22. The Balaban J connectivity index is 1.75. The van der Waals surface area contributed by atoms with Crippen molar-refractivity contribution in [3.05, 3.63) is 53.6 Å². The van der Waals surface area contributed by atoms with E-state index in [-0.39, 0.29) is 0 Å². The maximum atomic E-state index is 5.37. The molecule has 0 amide bonds. The molecule has 2 aromatic rings. The standard InChI is InChI=1S/C19H18O/c1-20-15-6-7-16-12(9-15)3-5-14-10-17-11-2-4-13(8-11)19(17)18(14)16/h2-7,9,11,13,17,19H,8,10H2,1H3. The smallest absolute Gasteiger partial charge is 0.119 e. The maximum Gasteiger partial charge on any atom is 0.119 e. The second-order valence-corrected chi connectivity index (χ2v) is 6.57. The van der Waals surface area contributed by atoms with Gasteiger partial charge in [0.25, 0.3) is 0 Å². The average Bonchev–Trinajstić information content (AvgIpc) is 3.17. The van der Waals surface area contributed by atoms with Crippen molar-refractivity contribution in [1.82, 2.24) is 0 Å². The van der Waals surface area contributed by atoms with Crippen molar-refractivity contribution < 1.29 is 4.74 Å². The Morgan fingerprint density at radius 1 is 1.05 bits per heavy atom. The summed E-state index contributed by atoms with van der Waals surface area (Å²) in [4.78, 5) is 0. The second kappa shape index (κ2) is 3.66. The van der Waals surface area contributed by atoms with Crippen LogP contribution >= 0.6 is 0 Å². The van der Waals surface area contributed by atoms with Crippen LogP contribution in [0.4, 0.5) is 0 Å². The van der Waals surface area contributed by atoms with Crippen LogP contribution in [0.5, 0.6) is 5.75 Å². The van der Waals surface area contributed by atoms with Gasteiger partial charge in [0, 0.05) is 0 Å². The van der Waals surface area contributed by atoms with E-state index in [1.807, 2.05) is 0 Å². The highest BCUT2D eigenvalue weighted by molar-refractivity contribution is 5.89. The van der Waals surface area contributed by atoms with Crippen molar-refractivity contribution in [1.29, 1.82) is 0 Å². The van der Waals surface area contributed by atoms with Gasteiger partial charge in [-0.2, -0.15) is 0 Å². The SMILES string of the molecule is COc1ccc2c3c(ccc2c1)CC1C2C=CC(C2)C31. The van der Waals surface area contributed by atoms with Crippen LogP contribution in [0.25, 0.3) is 10.8 Å². The van der Waals surface area contributed by atoms with Gasteiger partial charge in [-0.05, 0) is 70.5 Å². The number of ether oxygens (including phenoxy) is 1. The molecule has 1 saturated carbocycles. The molecule has 5 rings (SSSR count). The molecule has 1 fully saturated rings. The van der Waals surface area contributed by atoms with Gasteiger partial charge in [-0.3, -0.25) is 0 Å². The summed E-state index contributed by atoms with van der Waals surface area (Å²) in [6.45, 7) is 0. The molecule has 0 heterocycles. The topological polar surface area (TPSA) is 9.23 Å². The second-order valence-electron chi connectivity index (χ2n) is 6.57. The van der Waals surface area contributed by atoms with Gasteiger partial charge in [-0.25, -0.2) is 0 Å². The molecular formula is C19H18O. The van der Waals surface area contributed by atoms with E-state index in [0.29, 0.717) is 0 Å². The van der Waals surface area contributed by atoms with E-state index in [4.69, 9.17) is 4.74 Å². The molecule has 1 nitrogen and oxygen atoms in total. The Morgan fingerprint density at radius 3 is 2.85 bits per heavy atom. The van der Waals surface area contributed by atoms with Crippen molar-refractivity contribution in [2.45, 2.75) is 18.8 Å². The lowest BCUT2D eigenvalue weighted by Crippen LogP contribution is -2.12. The highest BCUT2D eigenvalue weighted by atomic mass is 16.5. The van der Waals surface area contributed by atoms with Crippen LogP contribution in [-0.4, -0.2) is 7.11 Å². The number of methoxy groups -OCH3 is 1. The fourth-order valence-corrected chi connectivity index (χ4v) is 4.96. The normalized spacial score (nSPS) is 32.6. The zero-order chi connectivity index (χ0) is 13.3. The van der Waals surface area contributed by atoms with Crippen LogP contribution in [0.15, 0.2) is 42.5 Å². The highest BCUT2D eigenvalue weighted by Crippen LogP contribution is 2.59. The van der Waals surface area contributed by atoms with Crippen molar-refractivity contribution in [3.63, 3.8) is 0 Å². The molecule has 2 aromatic carbocycles. The van der Waals surface area contributed by atoms with E-state index in [2.05, 4.69) is 42.5 Å². The monoisotopic (exact) mass is 262 g/mol. The number of fused-ring (bicyclic) bond motifs is 9. The summed E-state index contributed by atoms with van der Waals surface area (Å²) >= 11 is 0. The van der Waals surface area contributed by atoms with Crippen LogP contribution in [-0.2, 0) is 6.42 Å². The Morgan fingerprint density at radius 2 is 1.95 bits per heavy atom. The van der Waals surface area contributed by atoms with Gasteiger partial charge in [-0.15, -0.1) is 0 Å². The lowest BCUT2D eigenvalue weighted by molar-refractivity contribution is 0.415. The number of allylic oxidation sites excluding steroid dienone is 2. The fraction of sp³-hybridized carbons (Fsp3) is 0.368. The molecule has 3 aliphatic carbocycles. The first-order chi connectivity index (χ1) is 9.85. The Hall–Kier alpha value is -1.76. The van der Waals surface area contributed by atoms with Crippen LogP contribution in [0.3, 0.4) is 0 Å². The largest absolute Gasteiger partial charge is 0.497 e. The summed E-state index contributed by atoms with van der Waals surface area (Å²) in [6.07, 6.45) is 7.63. The summed E-state index contributed by atoms with van der Waals surface area (Å²) in [6, 6.07) is 11.2. The van der Waals surface area contributed by atoms with E-state index in [1.54, 1.807) is 18.2 Å². The first-order valence-electron chi connectivity index (χ1n) is 7.63. The third-order valence-electron chi connectivity index (χ3n) is 5.77. The van der Waals surface area contributed by atoms with E-state index in [9.17, 15) is 0 Å². The van der Waals surface area contributed by atoms with Gasteiger partial charge in [0.15, 0.2) is 0 Å². The third kappa shape index (κ3) is 1.24. The van der Waals surface area contributed by atoms with Gasteiger partial charge < -0.3 is 4.74 Å². The number of hydrogen-bond acceptors (Lipinski definition) is 1. The van der Waals surface area contributed by atoms with E-state index >= 15 is 0 Å². The minimum atomic E-state index is 0.775. The van der Waals surface area contributed by atoms with Gasteiger partial charge in [0.2, 0.25) is 0 Å². The van der Waals surface area contributed by atoms with E-state index in [1.165, 1.54) is 23.6 Å². The molecule has 2 bridgehead atoms. The van der Waals surface area contributed by atoms with Crippen LogP contribution in [0, 0.1) is 17.8 Å². The molecule has 4 unspecified atom stereocenters. The molecule has 0 aliphatic heterocycles. The van der Waals surface area contributed by atoms with E-state index < -0.39 is 0 Å². The first kappa shape index (κ1) is 11.0. The Labute approximate surface area is 119 Å². The summed E-state index contributed by atoms with van der Waals surface area (Å²) in [5.74, 6) is 4.23. The van der Waals surface area contributed by atoms with Crippen LogP contribution in [0.2, 0.25) is 0 Å². The highest BCUT2D eigenvalue weighted by Gasteiger charge is 2.49. The molecule has 4 atom stereocenters. The fourth-order valence-electron chi connectivity index (χ4n) is 4.96. The Bertz CT molecular complexity index is 743. The molecule has 0 spiro atoms. The molecule has 0 aromatic heterocycles. The third-order valence-corrected chi connectivity index (χ3v) is 5.77. The summed E-state index contributed by atoms with van der Waals surface area (Å²) in [5.41, 5.74) is 3.24. The van der Waals surface area contributed by atoms with E-state index in [0.717, 1.165) is 29.4 Å². The molecule has 1 heteroatoms. The summed E-state index contributed by atoms with van der Waals surface area (Å²) in [7, 11) is 1.74. The van der Waals surface area contributed by atoms with Gasteiger partial charge >= 0.3 is 0 Å². The molecule has 0 saturated heterocycles. The molecule has 20 heavy (non-hydrogen) atoms. The predicted molar refractivity (Wildman–Crippen MR) is 81.2 cm³/mol. The van der Waals surface area contributed by atoms with Gasteiger partial charge in [0.1, 0.15) is 5.75 Å². The van der Waals surface area contributed by atoms with Crippen molar-refractivity contribution in [2.24, 2.45) is 17.8 Å². The lowest BCUT2D eigenvalue weighted by atomic mass is 9.82. The van der Waals surface area contributed by atoms with Gasteiger partial charge in [-0.1, -0.05) is 30.4 Å². The molecule has 0 N–H and O–H groups in total. The summed E-state index contributed by atoms with van der Waals surface area (Å²) in [5, 5.41) is 2.78. The Kier molecular flexibility index (Phi) is 2.01. The van der Waals surface area contributed by atoms with Crippen molar-refractivity contribution in [3.8, 4) is 5.75 Å². The zero-order valence-electron chi connectivity index (χ0n) is 11.7. The average molecular weight is 262 g/mol. The summed E-state index contributed by atoms with van der Waals surface area (Å²) < 4.78 is 5.37. The molecule has 3 aliphatic rings. The minimum absolute atomic E-state index is 0.775. The molecular weight excluding hydrogens is 244 g/mol. The maximum absolute atomic E-state index is 5.37. The predicted octanol–water partition coefficient (Wildman–Crippen LogP) is 4.31. The van der Waals surface area contributed by atoms with Crippen molar-refractivity contribution >= 4 is 10.8 Å². The first-order valence-corrected chi connectivity index (χ1v) is 7.63. The molecule has 0 radical (unpaired) electrons. The number of rotatable bonds is 1. The van der Waals surface area contributed by atoms with Crippen LogP contribution < -0.4 is 4.74 Å². The quantitative estimate of drug-likeness (QED) is 0.696. The van der Waals surface area contributed by atoms with Crippen LogP contribution in [0.1, 0.15) is 23.5 Å². The molecule has 100 valence electrons. The minimum Gasteiger partial charge on any atom is -0.497 e. The zero-order valence-corrected chi connectivity index (χ0v) is 11.7. The van der Waals surface area contributed by atoms with Crippen molar-refractivity contribution in [2.75, 3.05) is 7.11 Å². The number of benzene rings is 2.